The molecule has 290 valence electrons. The van der Waals surface area contributed by atoms with Gasteiger partial charge >= 0.3 is 0 Å². The van der Waals surface area contributed by atoms with E-state index in [0.29, 0.717) is 21.9 Å². The number of hydrogen-bond donors (Lipinski definition) is 2. The van der Waals surface area contributed by atoms with Gasteiger partial charge in [0.05, 0.1) is 15.3 Å². The SMILES string of the molecule is CC(C)Sc1ccccc1CN1CCN(c2ccc3c(NS(=O)(=O)c4ccc(N[C@H](CCN(C)C)CSc5ccccc5)c([N+](=O)[O-])c4)ncnc3c2)CC1. The van der Waals surface area contributed by atoms with Gasteiger partial charge in [-0.1, -0.05) is 50.2 Å². The third kappa shape index (κ3) is 10.9. The van der Waals surface area contributed by atoms with Crippen molar-refractivity contribution in [3.8, 4) is 0 Å². The molecule has 0 amide bonds. The number of benzene rings is 4. The highest BCUT2D eigenvalue weighted by Crippen LogP contribution is 2.33. The second-order valence-electron chi connectivity index (χ2n) is 14.1. The summed E-state index contributed by atoms with van der Waals surface area (Å²) in [6.45, 7) is 9.64. The second-order valence-corrected chi connectivity index (χ2v) is 18.5. The lowest BCUT2D eigenvalue weighted by molar-refractivity contribution is -0.384. The number of nitro groups is 1. The van der Waals surface area contributed by atoms with Crippen molar-refractivity contribution in [3.63, 3.8) is 0 Å². The molecule has 4 aromatic carbocycles. The highest BCUT2D eigenvalue weighted by molar-refractivity contribution is 8.00. The fraction of sp³-hybridized carbons (Fsp3) is 0.350. The van der Waals surface area contributed by atoms with Gasteiger partial charge in [0, 0.05) is 76.7 Å². The number of piperazine rings is 1. The molecule has 12 nitrogen and oxygen atoms in total. The predicted octanol–water partition coefficient (Wildman–Crippen LogP) is 7.69. The van der Waals surface area contributed by atoms with E-state index in [9.17, 15) is 18.5 Å². The van der Waals surface area contributed by atoms with Crippen molar-refractivity contribution in [2.75, 3.05) is 67.5 Å². The molecular formula is C40H48N8O4S3. The number of nitrogens with zero attached hydrogens (tertiary/aromatic N) is 6. The molecular weight excluding hydrogens is 753 g/mol. The van der Waals surface area contributed by atoms with Gasteiger partial charge in [-0.3, -0.25) is 19.7 Å². The Morgan fingerprint density at radius 3 is 2.40 bits per heavy atom. The first-order valence-corrected chi connectivity index (χ1v) is 21.7. The van der Waals surface area contributed by atoms with Crippen LogP contribution in [0.4, 0.5) is 22.9 Å². The Hall–Kier alpha value is -4.41. The number of aromatic nitrogens is 2. The van der Waals surface area contributed by atoms with Gasteiger partial charge in [0.2, 0.25) is 0 Å². The molecule has 1 atom stereocenters. The summed E-state index contributed by atoms with van der Waals surface area (Å²) in [5, 5.41) is 16.7. The van der Waals surface area contributed by atoms with Gasteiger partial charge in [-0.15, -0.1) is 23.5 Å². The Bertz CT molecular complexity index is 2180. The third-order valence-electron chi connectivity index (χ3n) is 9.27. The lowest BCUT2D eigenvalue weighted by Gasteiger charge is -2.36. The van der Waals surface area contributed by atoms with Crippen molar-refractivity contribution >= 4 is 67.3 Å². The van der Waals surface area contributed by atoms with E-state index < -0.39 is 14.9 Å². The largest absolute Gasteiger partial charge is 0.376 e. The van der Waals surface area contributed by atoms with Gasteiger partial charge in [-0.25, -0.2) is 18.4 Å². The van der Waals surface area contributed by atoms with Crippen LogP contribution in [0.25, 0.3) is 10.9 Å². The first-order valence-electron chi connectivity index (χ1n) is 18.3. The number of hydrogen-bond acceptors (Lipinski definition) is 12. The van der Waals surface area contributed by atoms with Crippen LogP contribution in [0.1, 0.15) is 25.8 Å². The van der Waals surface area contributed by atoms with Crippen LogP contribution < -0.4 is 14.9 Å². The monoisotopic (exact) mass is 800 g/mol. The van der Waals surface area contributed by atoms with Gasteiger partial charge in [0.25, 0.3) is 15.7 Å². The quantitative estimate of drug-likeness (QED) is 0.0542. The minimum Gasteiger partial charge on any atom is -0.376 e. The molecule has 0 radical (unpaired) electrons. The van der Waals surface area contributed by atoms with Crippen LogP contribution in [-0.4, -0.2) is 97.0 Å². The zero-order chi connectivity index (χ0) is 39.0. The number of anilines is 3. The van der Waals surface area contributed by atoms with Gasteiger partial charge in [0.1, 0.15) is 12.0 Å². The summed E-state index contributed by atoms with van der Waals surface area (Å²) >= 11 is 3.56. The van der Waals surface area contributed by atoms with Crippen LogP contribution in [0.15, 0.2) is 112 Å². The summed E-state index contributed by atoms with van der Waals surface area (Å²) in [5.74, 6) is 0.771. The van der Waals surface area contributed by atoms with Gasteiger partial charge in [-0.2, -0.15) is 0 Å². The van der Waals surface area contributed by atoms with Crippen molar-refractivity contribution in [2.45, 2.75) is 52.8 Å². The zero-order valence-electron chi connectivity index (χ0n) is 31.6. The van der Waals surface area contributed by atoms with E-state index in [-0.39, 0.29) is 28.1 Å². The maximum atomic E-state index is 13.7. The third-order valence-corrected chi connectivity index (χ3v) is 12.9. The fourth-order valence-corrected chi connectivity index (χ4v) is 9.41. The summed E-state index contributed by atoms with van der Waals surface area (Å²) in [6, 6.07) is 28.2. The average molecular weight is 801 g/mol. The van der Waals surface area contributed by atoms with Gasteiger partial charge < -0.3 is 15.1 Å². The molecule has 0 saturated carbocycles. The molecule has 1 aliphatic rings. The van der Waals surface area contributed by atoms with Crippen molar-refractivity contribution in [3.05, 3.63) is 113 Å². The standard InChI is InChI=1S/C40H48N8O4S3/c1-29(2)54-39-13-9-8-10-30(39)26-46-20-22-47(23-21-46)32-14-16-35-37(24-32)41-28-42-40(35)44-55(51,52)34-15-17-36(38(25-34)48(49)50)43-31(18-19-45(3)4)27-53-33-11-6-5-7-12-33/h5-17,24-25,28-29,31,43H,18-23,26-27H2,1-4H3,(H,41,42,44)/t31-/m1/s1. The number of rotatable bonds is 17. The molecule has 15 heteroatoms. The van der Waals surface area contributed by atoms with E-state index in [1.165, 1.54) is 28.9 Å². The van der Waals surface area contributed by atoms with E-state index in [4.69, 9.17) is 0 Å². The molecule has 1 aliphatic heterocycles. The Balaban J connectivity index is 1.14. The van der Waals surface area contributed by atoms with Gasteiger partial charge in [-0.05, 0) is 81.2 Å². The number of fused-ring (bicyclic) bond motifs is 1. The minimum atomic E-state index is -4.25. The number of nitrogens with one attached hydrogen (secondary N) is 2. The summed E-state index contributed by atoms with van der Waals surface area (Å²) in [4.78, 5) is 29.5. The van der Waals surface area contributed by atoms with Crippen molar-refractivity contribution in [1.82, 2.24) is 19.8 Å². The highest BCUT2D eigenvalue weighted by atomic mass is 32.2. The molecule has 5 aromatic rings. The van der Waals surface area contributed by atoms with E-state index >= 15 is 0 Å². The van der Waals surface area contributed by atoms with Crippen LogP contribution in [0.3, 0.4) is 0 Å². The molecule has 1 fully saturated rings. The summed E-state index contributed by atoms with van der Waals surface area (Å²) in [5.41, 5.74) is 2.89. The number of sulfonamides is 1. The maximum Gasteiger partial charge on any atom is 0.293 e. The molecule has 0 spiro atoms. The molecule has 1 aromatic heterocycles. The smallest absolute Gasteiger partial charge is 0.293 e. The molecule has 55 heavy (non-hydrogen) atoms. The van der Waals surface area contributed by atoms with Crippen molar-refractivity contribution < 1.29 is 13.3 Å². The number of thioether (sulfide) groups is 2. The normalized spacial score (nSPS) is 14.4. The molecule has 0 bridgehead atoms. The van der Waals surface area contributed by atoms with E-state index in [2.05, 4.69) is 72.8 Å². The minimum absolute atomic E-state index is 0.103. The lowest BCUT2D eigenvalue weighted by atomic mass is 10.1. The molecule has 2 heterocycles. The first-order chi connectivity index (χ1) is 26.4. The topological polar surface area (TPSA) is 137 Å². The van der Waals surface area contributed by atoms with E-state index in [0.717, 1.165) is 62.3 Å². The Labute approximate surface area is 332 Å². The molecule has 0 aliphatic carbocycles. The van der Waals surface area contributed by atoms with E-state index in [1.54, 1.807) is 11.8 Å². The Kier molecular flexibility index (Phi) is 13.5. The summed E-state index contributed by atoms with van der Waals surface area (Å²) in [7, 11) is -0.288. The number of nitro benzene ring substituents is 1. The van der Waals surface area contributed by atoms with Crippen molar-refractivity contribution in [1.29, 1.82) is 0 Å². The Morgan fingerprint density at radius 2 is 1.67 bits per heavy atom. The molecule has 2 N–H and O–H groups in total. The second kappa shape index (κ2) is 18.5. The van der Waals surface area contributed by atoms with Crippen LogP contribution >= 0.6 is 23.5 Å². The van der Waals surface area contributed by atoms with Crippen LogP contribution in [-0.2, 0) is 16.6 Å². The summed E-state index contributed by atoms with van der Waals surface area (Å²) in [6.07, 6.45) is 2.06. The van der Waals surface area contributed by atoms with E-state index in [1.807, 2.05) is 74.4 Å². The molecule has 0 unspecified atom stereocenters. The highest BCUT2D eigenvalue weighted by Gasteiger charge is 2.25. The summed E-state index contributed by atoms with van der Waals surface area (Å²) < 4.78 is 30.0. The van der Waals surface area contributed by atoms with Gasteiger partial charge in [0.15, 0.2) is 5.82 Å². The van der Waals surface area contributed by atoms with Crippen LogP contribution in [0.5, 0.6) is 0 Å². The Morgan fingerprint density at radius 1 is 0.927 bits per heavy atom. The maximum absolute atomic E-state index is 13.7. The average Bonchev–Trinajstić information content (AvgIpc) is 3.17. The van der Waals surface area contributed by atoms with Crippen LogP contribution in [0, 0.1) is 10.1 Å². The first kappa shape index (κ1) is 40.3. The lowest BCUT2D eigenvalue weighted by Crippen LogP contribution is -2.46. The fourth-order valence-electron chi connectivity index (χ4n) is 6.41. The molecule has 1 saturated heterocycles. The molecule has 6 rings (SSSR count). The zero-order valence-corrected chi connectivity index (χ0v) is 34.0. The van der Waals surface area contributed by atoms with Crippen molar-refractivity contribution in [2.24, 2.45) is 0 Å². The predicted molar refractivity (Wildman–Crippen MR) is 226 cm³/mol. The van der Waals surface area contributed by atoms with Crippen LogP contribution in [0.2, 0.25) is 0 Å².